The minimum absolute atomic E-state index is 0.416. The van der Waals surface area contributed by atoms with Gasteiger partial charge in [0.1, 0.15) is 10.7 Å². The molecule has 11 heavy (non-hydrogen) atoms. The van der Waals surface area contributed by atoms with Gasteiger partial charge >= 0.3 is 0 Å². The van der Waals surface area contributed by atoms with Crippen molar-refractivity contribution in [2.24, 2.45) is 10.7 Å². The zero-order chi connectivity index (χ0) is 7.84. The predicted octanol–water partition coefficient (Wildman–Crippen LogP) is 0.257. The number of aliphatic imine (C=N–C) groups is 1. The summed E-state index contributed by atoms with van der Waals surface area (Å²) in [5, 5.41) is 0.818. The summed E-state index contributed by atoms with van der Waals surface area (Å²) in [4.78, 5) is 18.7. The molecule has 0 fully saturated rings. The van der Waals surface area contributed by atoms with E-state index in [1.165, 1.54) is 11.3 Å². The van der Waals surface area contributed by atoms with Gasteiger partial charge in [-0.05, 0) is 0 Å². The van der Waals surface area contributed by atoms with E-state index in [1.807, 2.05) is 0 Å². The molecule has 1 aliphatic rings. The van der Waals surface area contributed by atoms with E-state index in [0.29, 0.717) is 12.1 Å². The van der Waals surface area contributed by atoms with Crippen LogP contribution in [0.25, 0.3) is 0 Å². The fourth-order valence-electron chi connectivity index (χ4n) is 0.938. The lowest BCUT2D eigenvalue weighted by atomic mass is 10.2. The highest BCUT2D eigenvalue weighted by molar-refractivity contribution is 7.13. The summed E-state index contributed by atoms with van der Waals surface area (Å²) in [5.41, 5.74) is 8.04. The maximum absolute atomic E-state index is 10.6. The van der Waals surface area contributed by atoms with Crippen molar-refractivity contribution in [2.45, 2.75) is 6.42 Å². The molecule has 56 valence electrons. The molecule has 0 saturated heterocycles. The Morgan fingerprint density at radius 1 is 1.73 bits per heavy atom. The van der Waals surface area contributed by atoms with Crippen LogP contribution in [0.3, 0.4) is 0 Å². The first-order valence-electron chi connectivity index (χ1n) is 3.07. The van der Waals surface area contributed by atoms with Crippen LogP contribution in [-0.2, 0) is 11.2 Å². The van der Waals surface area contributed by atoms with Crippen molar-refractivity contribution < 1.29 is 4.79 Å². The van der Waals surface area contributed by atoms with Crippen LogP contribution >= 0.6 is 11.3 Å². The number of thiazole rings is 1. The van der Waals surface area contributed by atoms with Crippen LogP contribution in [-0.4, -0.2) is 16.6 Å². The van der Waals surface area contributed by atoms with Gasteiger partial charge < -0.3 is 5.73 Å². The van der Waals surface area contributed by atoms with Crippen molar-refractivity contribution in [3.05, 3.63) is 11.2 Å². The molecule has 0 radical (unpaired) electrons. The monoisotopic (exact) mass is 167 g/mol. The van der Waals surface area contributed by atoms with E-state index in [2.05, 4.69) is 9.98 Å². The van der Waals surface area contributed by atoms with Crippen LogP contribution in [0.1, 0.15) is 5.69 Å². The normalized spacial score (nSPS) is 14.4. The molecule has 1 amide bonds. The summed E-state index contributed by atoms with van der Waals surface area (Å²) in [6.07, 6.45) is 0.494. The highest BCUT2D eigenvalue weighted by Gasteiger charge is 2.20. The molecular formula is C6H5N3OS. The van der Waals surface area contributed by atoms with Crippen molar-refractivity contribution in [1.82, 2.24) is 4.98 Å². The molecule has 1 aliphatic heterocycles. The molecule has 0 atom stereocenters. The second-order valence-corrected chi connectivity index (χ2v) is 3.04. The average molecular weight is 167 g/mol. The van der Waals surface area contributed by atoms with Gasteiger partial charge in [-0.3, -0.25) is 4.79 Å². The Balaban J connectivity index is 2.38. The molecular weight excluding hydrogens is 162 g/mol. The maximum Gasteiger partial charge on any atom is 0.263 e. The van der Waals surface area contributed by atoms with Gasteiger partial charge in [0.15, 0.2) is 0 Å². The SMILES string of the molecule is NC(=O)C1=Nc2scnc2C1. The molecule has 1 aromatic heterocycles. The lowest BCUT2D eigenvalue weighted by molar-refractivity contribution is -0.112. The van der Waals surface area contributed by atoms with Crippen LogP contribution in [0.5, 0.6) is 0 Å². The van der Waals surface area contributed by atoms with E-state index in [4.69, 9.17) is 5.73 Å². The number of nitrogens with zero attached hydrogens (tertiary/aromatic N) is 2. The van der Waals surface area contributed by atoms with Crippen molar-refractivity contribution in [3.63, 3.8) is 0 Å². The molecule has 0 unspecified atom stereocenters. The van der Waals surface area contributed by atoms with Gasteiger partial charge in [0.25, 0.3) is 5.91 Å². The van der Waals surface area contributed by atoms with E-state index < -0.39 is 5.91 Å². The highest BCUT2D eigenvalue weighted by Crippen LogP contribution is 2.29. The quantitative estimate of drug-likeness (QED) is 0.651. The molecule has 0 aromatic carbocycles. The summed E-state index contributed by atoms with van der Waals surface area (Å²) in [7, 11) is 0. The molecule has 0 bridgehead atoms. The number of primary amides is 1. The van der Waals surface area contributed by atoms with E-state index >= 15 is 0 Å². The fraction of sp³-hybridized carbons (Fsp3) is 0.167. The first-order valence-corrected chi connectivity index (χ1v) is 3.95. The summed E-state index contributed by atoms with van der Waals surface area (Å²) in [6.45, 7) is 0. The number of aromatic nitrogens is 1. The molecule has 5 heteroatoms. The highest BCUT2D eigenvalue weighted by atomic mass is 32.1. The molecule has 0 saturated carbocycles. The number of hydrogen-bond acceptors (Lipinski definition) is 4. The summed E-state index contributed by atoms with van der Waals surface area (Å²) >= 11 is 1.43. The third-order valence-electron chi connectivity index (χ3n) is 1.48. The van der Waals surface area contributed by atoms with Crippen LogP contribution in [0.15, 0.2) is 10.5 Å². The molecule has 2 rings (SSSR count). The van der Waals surface area contributed by atoms with E-state index in [0.717, 1.165) is 10.7 Å². The minimum atomic E-state index is -0.449. The van der Waals surface area contributed by atoms with Gasteiger partial charge in [-0.2, -0.15) is 0 Å². The summed E-state index contributed by atoms with van der Waals surface area (Å²) in [6, 6.07) is 0. The van der Waals surface area contributed by atoms with E-state index in [9.17, 15) is 4.79 Å². The largest absolute Gasteiger partial charge is 0.365 e. The third kappa shape index (κ3) is 0.932. The number of rotatable bonds is 1. The van der Waals surface area contributed by atoms with Crippen LogP contribution in [0.2, 0.25) is 0 Å². The molecule has 0 aliphatic carbocycles. The van der Waals surface area contributed by atoms with Gasteiger partial charge in [-0.15, -0.1) is 11.3 Å². The Morgan fingerprint density at radius 3 is 3.18 bits per heavy atom. The zero-order valence-corrected chi connectivity index (χ0v) is 6.39. The molecule has 0 spiro atoms. The maximum atomic E-state index is 10.6. The number of amides is 1. The van der Waals surface area contributed by atoms with E-state index in [1.54, 1.807) is 5.51 Å². The first-order chi connectivity index (χ1) is 5.27. The van der Waals surface area contributed by atoms with Gasteiger partial charge in [0, 0.05) is 6.42 Å². The first kappa shape index (κ1) is 6.48. The van der Waals surface area contributed by atoms with Crippen LogP contribution in [0, 0.1) is 0 Å². The van der Waals surface area contributed by atoms with Crippen LogP contribution < -0.4 is 5.73 Å². The lowest BCUT2D eigenvalue weighted by Crippen LogP contribution is -2.23. The minimum Gasteiger partial charge on any atom is -0.365 e. The second kappa shape index (κ2) is 2.13. The fourth-order valence-corrected chi connectivity index (χ4v) is 1.64. The Morgan fingerprint density at radius 2 is 2.55 bits per heavy atom. The van der Waals surface area contributed by atoms with Crippen molar-refractivity contribution in [2.75, 3.05) is 0 Å². The Labute approximate surface area is 66.8 Å². The summed E-state index contributed by atoms with van der Waals surface area (Å²) < 4.78 is 0. The Bertz CT molecular complexity index is 341. The number of carbonyl (C=O) groups excluding carboxylic acids is 1. The average Bonchev–Trinajstić information content (AvgIpc) is 2.40. The van der Waals surface area contributed by atoms with Gasteiger partial charge in [-0.25, -0.2) is 9.98 Å². The Hall–Kier alpha value is -1.23. The Kier molecular flexibility index (Phi) is 1.25. The lowest BCUT2D eigenvalue weighted by Gasteiger charge is -1.88. The van der Waals surface area contributed by atoms with Gasteiger partial charge in [0.2, 0.25) is 0 Å². The van der Waals surface area contributed by atoms with E-state index in [-0.39, 0.29) is 0 Å². The van der Waals surface area contributed by atoms with Crippen molar-refractivity contribution in [3.8, 4) is 0 Å². The van der Waals surface area contributed by atoms with Crippen LogP contribution in [0.4, 0.5) is 5.00 Å². The standard InChI is InChI=1S/C6H5N3OS/c7-5(10)3-1-4-6(9-3)11-2-8-4/h2H,1H2,(H2,7,10). The number of nitrogens with two attached hydrogens (primary N) is 1. The predicted molar refractivity (Wildman–Crippen MR) is 42.1 cm³/mol. The van der Waals surface area contributed by atoms with Gasteiger partial charge in [-0.1, -0.05) is 0 Å². The number of hydrogen-bond donors (Lipinski definition) is 1. The van der Waals surface area contributed by atoms with Crippen molar-refractivity contribution >= 4 is 28.0 Å². The smallest absolute Gasteiger partial charge is 0.263 e. The van der Waals surface area contributed by atoms with Crippen molar-refractivity contribution in [1.29, 1.82) is 0 Å². The zero-order valence-electron chi connectivity index (χ0n) is 5.57. The molecule has 1 aromatic rings. The number of fused-ring (bicyclic) bond motifs is 1. The molecule has 4 nitrogen and oxygen atoms in total. The molecule has 2 N–H and O–H groups in total. The summed E-state index contributed by atoms with van der Waals surface area (Å²) in [5.74, 6) is -0.449. The molecule has 2 heterocycles. The third-order valence-corrected chi connectivity index (χ3v) is 2.24. The second-order valence-electron chi connectivity index (χ2n) is 2.20. The van der Waals surface area contributed by atoms with Gasteiger partial charge in [0.05, 0.1) is 11.2 Å². The number of carbonyl (C=O) groups is 1. The topological polar surface area (TPSA) is 68.3 Å².